The molecule has 1 fully saturated rings. The lowest BCUT2D eigenvalue weighted by atomic mass is 9.86. The number of carbonyl (C=O) groups is 1. The molecule has 1 aliphatic heterocycles. The molecule has 5 nitrogen and oxygen atoms in total. The molecule has 1 aromatic carbocycles. The maximum atomic E-state index is 12.7. The van der Waals surface area contributed by atoms with Gasteiger partial charge in [0.25, 0.3) is 5.91 Å². The van der Waals surface area contributed by atoms with Crippen LogP contribution in [0, 0.1) is 11.8 Å². The molecular formula is C18H23N3O2. The van der Waals surface area contributed by atoms with Crippen LogP contribution < -0.4 is 5.69 Å². The minimum atomic E-state index is -0.202. The zero-order valence-corrected chi connectivity index (χ0v) is 13.7. The first-order valence-corrected chi connectivity index (χ1v) is 8.22. The number of carbonyl (C=O) groups excluding carboxylic acids is 1. The monoisotopic (exact) mass is 313 g/mol. The van der Waals surface area contributed by atoms with Gasteiger partial charge in [0, 0.05) is 31.0 Å². The van der Waals surface area contributed by atoms with Crippen LogP contribution in [0.5, 0.6) is 0 Å². The zero-order chi connectivity index (χ0) is 16.4. The van der Waals surface area contributed by atoms with Crippen molar-refractivity contribution in [3.05, 3.63) is 52.7 Å². The molecular weight excluding hydrogens is 290 g/mol. The van der Waals surface area contributed by atoms with E-state index in [2.05, 4.69) is 18.8 Å². The van der Waals surface area contributed by atoms with Crippen LogP contribution in [0.15, 0.2) is 41.5 Å². The highest BCUT2D eigenvalue weighted by Crippen LogP contribution is 2.25. The third kappa shape index (κ3) is 3.23. The molecule has 0 atom stereocenters. The molecule has 0 saturated carbocycles. The van der Waals surface area contributed by atoms with Gasteiger partial charge in [-0.1, -0.05) is 19.9 Å². The van der Waals surface area contributed by atoms with Crippen LogP contribution in [0.25, 0.3) is 5.69 Å². The Labute approximate surface area is 135 Å². The van der Waals surface area contributed by atoms with Gasteiger partial charge in [0.15, 0.2) is 0 Å². The molecule has 23 heavy (non-hydrogen) atoms. The second kappa shape index (κ2) is 6.44. The van der Waals surface area contributed by atoms with Crippen molar-refractivity contribution in [3.63, 3.8) is 0 Å². The van der Waals surface area contributed by atoms with Gasteiger partial charge in [-0.3, -0.25) is 9.36 Å². The first-order valence-electron chi connectivity index (χ1n) is 8.22. The second-order valence-electron chi connectivity index (χ2n) is 6.56. The Morgan fingerprint density at radius 1 is 1.26 bits per heavy atom. The number of aromatic amines is 1. The fourth-order valence-corrected chi connectivity index (χ4v) is 3.26. The van der Waals surface area contributed by atoms with Crippen molar-refractivity contribution in [3.8, 4) is 5.69 Å². The van der Waals surface area contributed by atoms with E-state index in [9.17, 15) is 9.59 Å². The van der Waals surface area contributed by atoms with E-state index >= 15 is 0 Å². The number of piperidine rings is 1. The first-order chi connectivity index (χ1) is 11.1. The number of hydrogen-bond donors (Lipinski definition) is 1. The molecule has 1 aromatic heterocycles. The summed E-state index contributed by atoms with van der Waals surface area (Å²) in [7, 11) is 0. The summed E-state index contributed by atoms with van der Waals surface area (Å²) in [4.78, 5) is 29.0. The average Bonchev–Trinajstić information content (AvgIpc) is 3.00. The summed E-state index contributed by atoms with van der Waals surface area (Å²) < 4.78 is 1.50. The van der Waals surface area contributed by atoms with Gasteiger partial charge in [0.05, 0.1) is 5.69 Å². The van der Waals surface area contributed by atoms with Gasteiger partial charge < -0.3 is 9.88 Å². The van der Waals surface area contributed by atoms with Crippen LogP contribution in [0.2, 0.25) is 0 Å². The molecule has 2 heterocycles. The van der Waals surface area contributed by atoms with Crippen LogP contribution in [0.1, 0.15) is 37.0 Å². The van der Waals surface area contributed by atoms with Crippen molar-refractivity contribution in [1.82, 2.24) is 14.5 Å². The number of benzene rings is 1. The number of amides is 1. The standard InChI is InChI=1S/C18H23N3O2/c1-13(2)14-6-9-20(10-7-14)17(22)15-4-3-5-16(12-15)21-11-8-19-18(21)23/h3-5,8,11-14H,6-7,9-10H2,1-2H3,(H,19,23). The normalized spacial score (nSPS) is 16.0. The molecule has 1 amide bonds. The van der Waals surface area contributed by atoms with E-state index in [1.165, 1.54) is 4.57 Å². The van der Waals surface area contributed by atoms with Gasteiger partial charge in [-0.05, 0) is 42.9 Å². The number of aromatic nitrogens is 2. The van der Waals surface area contributed by atoms with E-state index in [1.807, 2.05) is 23.1 Å². The number of rotatable bonds is 3. The topological polar surface area (TPSA) is 58.1 Å². The predicted molar refractivity (Wildman–Crippen MR) is 89.9 cm³/mol. The fourth-order valence-electron chi connectivity index (χ4n) is 3.26. The van der Waals surface area contributed by atoms with Crippen molar-refractivity contribution < 1.29 is 4.79 Å². The van der Waals surface area contributed by atoms with Gasteiger partial charge >= 0.3 is 5.69 Å². The fraction of sp³-hybridized carbons (Fsp3) is 0.444. The number of likely N-dealkylation sites (tertiary alicyclic amines) is 1. The molecule has 1 aliphatic rings. The van der Waals surface area contributed by atoms with E-state index in [-0.39, 0.29) is 11.6 Å². The van der Waals surface area contributed by atoms with E-state index < -0.39 is 0 Å². The predicted octanol–water partition coefficient (Wildman–Crippen LogP) is 2.67. The molecule has 1 N–H and O–H groups in total. The summed E-state index contributed by atoms with van der Waals surface area (Å²) in [6.45, 7) is 6.13. The highest BCUT2D eigenvalue weighted by molar-refractivity contribution is 5.94. The van der Waals surface area contributed by atoms with E-state index in [0.717, 1.165) is 25.9 Å². The zero-order valence-electron chi connectivity index (χ0n) is 13.7. The minimum Gasteiger partial charge on any atom is -0.339 e. The number of H-pyrrole nitrogens is 1. The third-order valence-electron chi connectivity index (χ3n) is 4.79. The van der Waals surface area contributed by atoms with Crippen LogP contribution >= 0.6 is 0 Å². The van der Waals surface area contributed by atoms with E-state index in [4.69, 9.17) is 0 Å². The van der Waals surface area contributed by atoms with Crippen LogP contribution in [0.4, 0.5) is 0 Å². The molecule has 1 saturated heterocycles. The Bertz CT molecular complexity index is 736. The molecule has 0 unspecified atom stereocenters. The van der Waals surface area contributed by atoms with E-state index in [1.54, 1.807) is 18.5 Å². The Hall–Kier alpha value is -2.30. The number of nitrogens with zero attached hydrogens (tertiary/aromatic N) is 2. The Balaban J connectivity index is 1.76. The largest absolute Gasteiger partial charge is 0.339 e. The maximum absolute atomic E-state index is 12.7. The Kier molecular flexibility index (Phi) is 4.37. The van der Waals surface area contributed by atoms with Crippen LogP contribution in [-0.2, 0) is 0 Å². The molecule has 0 bridgehead atoms. The van der Waals surface area contributed by atoms with Crippen molar-refractivity contribution in [2.75, 3.05) is 13.1 Å². The van der Waals surface area contributed by atoms with Gasteiger partial charge in [0.1, 0.15) is 0 Å². The van der Waals surface area contributed by atoms with Crippen molar-refractivity contribution in [1.29, 1.82) is 0 Å². The molecule has 5 heteroatoms. The Morgan fingerprint density at radius 3 is 2.61 bits per heavy atom. The number of hydrogen-bond acceptors (Lipinski definition) is 2. The lowest BCUT2D eigenvalue weighted by molar-refractivity contribution is 0.0667. The van der Waals surface area contributed by atoms with Gasteiger partial charge in [-0.2, -0.15) is 0 Å². The summed E-state index contributed by atoms with van der Waals surface area (Å²) in [5.41, 5.74) is 1.14. The molecule has 3 rings (SSSR count). The van der Waals surface area contributed by atoms with Gasteiger partial charge in [-0.15, -0.1) is 0 Å². The van der Waals surface area contributed by atoms with Crippen molar-refractivity contribution in [2.24, 2.45) is 11.8 Å². The Morgan fingerprint density at radius 2 is 2.00 bits per heavy atom. The number of nitrogens with one attached hydrogen (secondary N) is 1. The summed E-state index contributed by atoms with van der Waals surface area (Å²) >= 11 is 0. The lowest BCUT2D eigenvalue weighted by Gasteiger charge is -2.34. The van der Waals surface area contributed by atoms with Crippen molar-refractivity contribution in [2.45, 2.75) is 26.7 Å². The average molecular weight is 313 g/mol. The summed E-state index contributed by atoms with van der Waals surface area (Å²) in [5, 5.41) is 0. The van der Waals surface area contributed by atoms with Crippen LogP contribution in [0.3, 0.4) is 0 Å². The quantitative estimate of drug-likeness (QED) is 0.947. The van der Waals surface area contributed by atoms with E-state index in [0.29, 0.717) is 23.1 Å². The van der Waals surface area contributed by atoms with Crippen molar-refractivity contribution >= 4 is 5.91 Å². The molecule has 2 aromatic rings. The molecule has 0 aliphatic carbocycles. The van der Waals surface area contributed by atoms with Crippen LogP contribution in [-0.4, -0.2) is 33.4 Å². The minimum absolute atomic E-state index is 0.0534. The highest BCUT2D eigenvalue weighted by Gasteiger charge is 2.25. The SMILES string of the molecule is CC(C)C1CCN(C(=O)c2cccc(-n3cc[nH]c3=O)c2)CC1. The summed E-state index contributed by atoms with van der Waals surface area (Å²) in [5.74, 6) is 1.44. The lowest BCUT2D eigenvalue weighted by Crippen LogP contribution is -2.39. The highest BCUT2D eigenvalue weighted by atomic mass is 16.2. The summed E-state index contributed by atoms with van der Waals surface area (Å²) in [6, 6.07) is 7.25. The number of imidazole rings is 1. The maximum Gasteiger partial charge on any atom is 0.330 e. The summed E-state index contributed by atoms with van der Waals surface area (Å²) in [6.07, 6.45) is 5.40. The third-order valence-corrected chi connectivity index (χ3v) is 4.79. The second-order valence-corrected chi connectivity index (χ2v) is 6.56. The van der Waals surface area contributed by atoms with Gasteiger partial charge in [-0.25, -0.2) is 4.79 Å². The molecule has 0 spiro atoms. The molecule has 122 valence electrons. The smallest absolute Gasteiger partial charge is 0.330 e. The molecule has 0 radical (unpaired) electrons. The van der Waals surface area contributed by atoms with Gasteiger partial charge in [0.2, 0.25) is 0 Å². The first kappa shape index (κ1) is 15.6.